The Morgan fingerprint density at radius 2 is 0.750 bits per heavy atom. The lowest BCUT2D eigenvalue weighted by atomic mass is 9.93. The molecule has 10 aromatic rings. The molecule has 10 rings (SSSR count). The van der Waals surface area contributed by atoms with Gasteiger partial charge < -0.3 is 50.5 Å². The van der Waals surface area contributed by atoms with Crippen LogP contribution in [-0.4, -0.2) is 80.3 Å². The summed E-state index contributed by atoms with van der Waals surface area (Å²) in [5, 5.41) is 52.6. The lowest BCUT2D eigenvalue weighted by molar-refractivity contribution is 0.0686. The van der Waals surface area contributed by atoms with Crippen LogP contribution in [0.15, 0.2) is 103 Å². The number of hydrogen-bond acceptors (Lipinski definition) is 5. The van der Waals surface area contributed by atoms with E-state index in [4.69, 9.17) is 0 Å². The Bertz CT molecular complexity index is 3560. The molecule has 5 heterocycles. The zero-order valence-electron chi connectivity index (χ0n) is 30.6. The van der Waals surface area contributed by atoms with Crippen LogP contribution < -0.4 is 0 Å². The molecule has 0 atom stereocenters. The molecular weight excluding hydrogens is 771 g/mol. The van der Waals surface area contributed by atoms with E-state index in [0.717, 1.165) is 0 Å². The van der Waals surface area contributed by atoms with Crippen molar-refractivity contribution in [3.8, 4) is 45.0 Å². The molecule has 0 saturated carbocycles. The first kappa shape index (κ1) is 35.6. The normalized spacial score (nSPS) is 11.7. The van der Waals surface area contributed by atoms with E-state index in [9.17, 15) is 49.5 Å². The van der Waals surface area contributed by atoms with Gasteiger partial charge >= 0.3 is 29.8 Å². The zero-order valence-corrected chi connectivity index (χ0v) is 30.6. The van der Waals surface area contributed by atoms with Gasteiger partial charge in [-0.1, -0.05) is 0 Å². The van der Waals surface area contributed by atoms with Crippen molar-refractivity contribution in [1.29, 1.82) is 0 Å². The van der Waals surface area contributed by atoms with Crippen LogP contribution in [0.5, 0.6) is 0 Å². The number of hydrogen-bond donors (Lipinski definition) is 10. The van der Waals surface area contributed by atoms with Crippen molar-refractivity contribution >= 4 is 84.4 Å². The average molecular weight is 798 g/mol. The molecule has 0 spiro atoms. The van der Waals surface area contributed by atoms with Crippen molar-refractivity contribution in [1.82, 2.24) is 24.9 Å². The summed E-state index contributed by atoms with van der Waals surface area (Å²) >= 11 is 0. The Balaban J connectivity index is 1.36. The SMILES string of the molecule is O=C(O)c1ccc2[nH]c(-c3c(-c4c(-c5c(-c6c[nH]c7ccc(C(=O)O)cc67)[nH]c6ccc(C(=O)O)cc56)[nH]c5ccc(C(=O)O)cc45)[nH]c4ccc(C(=O)O)cc34)cc2c1. The molecule has 0 bridgehead atoms. The van der Waals surface area contributed by atoms with E-state index in [1.54, 1.807) is 42.6 Å². The van der Waals surface area contributed by atoms with Crippen LogP contribution in [0.2, 0.25) is 0 Å². The van der Waals surface area contributed by atoms with Gasteiger partial charge in [-0.2, -0.15) is 0 Å². The summed E-state index contributed by atoms with van der Waals surface area (Å²) in [5.41, 5.74) is 6.57. The molecule has 15 heteroatoms. The van der Waals surface area contributed by atoms with Crippen LogP contribution in [0.25, 0.3) is 99.5 Å². The summed E-state index contributed by atoms with van der Waals surface area (Å²) in [4.78, 5) is 78.3. The summed E-state index contributed by atoms with van der Waals surface area (Å²) in [6.07, 6.45) is 1.71. The summed E-state index contributed by atoms with van der Waals surface area (Å²) in [5.74, 6) is -5.79. The largest absolute Gasteiger partial charge is 0.478 e. The smallest absolute Gasteiger partial charge is 0.335 e. The first-order chi connectivity index (χ1) is 28.8. The molecule has 0 radical (unpaired) electrons. The van der Waals surface area contributed by atoms with Crippen molar-refractivity contribution in [3.05, 3.63) is 131 Å². The van der Waals surface area contributed by atoms with Crippen molar-refractivity contribution in [2.24, 2.45) is 0 Å². The number of carboxylic acids is 5. The van der Waals surface area contributed by atoms with Crippen LogP contribution in [0.3, 0.4) is 0 Å². The van der Waals surface area contributed by atoms with Gasteiger partial charge in [0.2, 0.25) is 0 Å². The van der Waals surface area contributed by atoms with Crippen LogP contribution >= 0.6 is 0 Å². The van der Waals surface area contributed by atoms with Crippen LogP contribution in [0, 0.1) is 0 Å². The Morgan fingerprint density at radius 3 is 1.25 bits per heavy atom. The number of aromatic carboxylic acids is 5. The Labute approximate surface area is 334 Å². The topological polar surface area (TPSA) is 265 Å². The fraction of sp³-hybridized carbons (Fsp3) is 0. The van der Waals surface area contributed by atoms with Gasteiger partial charge in [0.1, 0.15) is 0 Å². The summed E-state index contributed by atoms with van der Waals surface area (Å²) in [6, 6.07) is 24.8. The van der Waals surface area contributed by atoms with E-state index >= 15 is 0 Å². The maximum Gasteiger partial charge on any atom is 0.335 e. The minimum atomic E-state index is -1.19. The molecule has 0 unspecified atom stereocenters. The highest BCUT2D eigenvalue weighted by atomic mass is 16.4. The third-order valence-corrected chi connectivity index (χ3v) is 11.0. The lowest BCUT2D eigenvalue weighted by Crippen LogP contribution is -1.95. The fourth-order valence-corrected chi connectivity index (χ4v) is 8.21. The Hall–Kier alpha value is -8.85. The third kappa shape index (κ3) is 5.41. The highest BCUT2D eigenvalue weighted by Crippen LogP contribution is 2.50. The molecule has 0 aliphatic carbocycles. The number of H-pyrrole nitrogens is 5. The summed E-state index contributed by atoms with van der Waals surface area (Å²) in [6.45, 7) is 0. The molecule has 60 heavy (non-hydrogen) atoms. The van der Waals surface area contributed by atoms with Gasteiger partial charge in [-0.15, -0.1) is 0 Å². The Kier molecular flexibility index (Phi) is 7.61. The number of aromatic nitrogens is 5. The maximum absolute atomic E-state index is 12.5. The van der Waals surface area contributed by atoms with E-state index < -0.39 is 29.8 Å². The standard InChI is InChI=1S/C45H27N5O10/c51-41(52)18-1-6-29-23(11-18)16-34(47-29)35-25-13-20(43(55)56)3-8-31(25)49-39(35)37-27-15-22(45(59)60)5-10-33(27)50-40(37)36-26-14-21(44(57)58)4-9-32(26)48-38(36)28-17-46-30-7-2-19(42(53)54)12-24(28)30/h1-17,46-50H,(H,51,52)(H,53,54)(H,55,56)(H,57,58)(H,59,60). The van der Waals surface area contributed by atoms with Gasteiger partial charge in [0.15, 0.2) is 0 Å². The Morgan fingerprint density at radius 1 is 0.367 bits per heavy atom. The second-order valence-corrected chi connectivity index (χ2v) is 14.4. The minimum absolute atomic E-state index is 0.00827. The van der Waals surface area contributed by atoms with Crippen molar-refractivity contribution in [2.75, 3.05) is 0 Å². The molecule has 0 aliphatic rings. The number of carboxylic acid groups (broad SMARTS) is 5. The number of aromatic amines is 5. The van der Waals surface area contributed by atoms with E-state index in [1.807, 2.05) is 0 Å². The van der Waals surface area contributed by atoms with Gasteiger partial charge in [-0.25, -0.2) is 24.0 Å². The molecule has 5 aromatic carbocycles. The molecule has 0 amide bonds. The number of carbonyl (C=O) groups is 5. The molecule has 15 nitrogen and oxygen atoms in total. The van der Waals surface area contributed by atoms with Crippen molar-refractivity contribution in [3.63, 3.8) is 0 Å². The predicted molar refractivity (Wildman–Crippen MR) is 222 cm³/mol. The molecule has 292 valence electrons. The molecule has 0 aliphatic heterocycles. The second-order valence-electron chi connectivity index (χ2n) is 14.4. The summed E-state index contributed by atoms with van der Waals surface area (Å²) < 4.78 is 0. The average Bonchev–Trinajstić information content (AvgIpc) is 4.05. The number of nitrogens with one attached hydrogen (secondary N) is 5. The fourth-order valence-electron chi connectivity index (χ4n) is 8.21. The maximum atomic E-state index is 12.5. The van der Waals surface area contributed by atoms with Crippen molar-refractivity contribution in [2.45, 2.75) is 0 Å². The first-order valence-corrected chi connectivity index (χ1v) is 18.2. The van der Waals surface area contributed by atoms with E-state index in [2.05, 4.69) is 24.9 Å². The second kappa shape index (κ2) is 12.8. The number of fused-ring (bicyclic) bond motifs is 5. The molecule has 10 N–H and O–H groups in total. The van der Waals surface area contributed by atoms with Gasteiger partial charge in [0.05, 0.1) is 44.9 Å². The monoisotopic (exact) mass is 797 g/mol. The van der Waals surface area contributed by atoms with Gasteiger partial charge in [0, 0.05) is 88.7 Å². The molecule has 5 aromatic heterocycles. The predicted octanol–water partition coefficient (Wildman–Crippen LogP) is 9.25. The quantitative estimate of drug-likeness (QED) is 0.0661. The van der Waals surface area contributed by atoms with E-state index in [0.29, 0.717) is 99.5 Å². The first-order valence-electron chi connectivity index (χ1n) is 18.2. The highest BCUT2D eigenvalue weighted by Gasteiger charge is 2.29. The van der Waals surface area contributed by atoms with Gasteiger partial charge in [-0.3, -0.25) is 0 Å². The van der Waals surface area contributed by atoms with Crippen LogP contribution in [0.1, 0.15) is 51.8 Å². The number of rotatable bonds is 9. The van der Waals surface area contributed by atoms with Crippen LogP contribution in [0.4, 0.5) is 0 Å². The number of benzene rings is 5. The van der Waals surface area contributed by atoms with Crippen molar-refractivity contribution < 1.29 is 49.5 Å². The minimum Gasteiger partial charge on any atom is -0.478 e. The molecule has 0 fully saturated rings. The van der Waals surface area contributed by atoms with E-state index in [-0.39, 0.29) is 27.8 Å². The van der Waals surface area contributed by atoms with Gasteiger partial charge in [0.25, 0.3) is 0 Å². The summed E-state index contributed by atoms with van der Waals surface area (Å²) in [7, 11) is 0. The molecular formula is C45H27N5O10. The van der Waals surface area contributed by atoms with E-state index in [1.165, 1.54) is 60.7 Å². The lowest BCUT2D eigenvalue weighted by Gasteiger charge is -2.10. The highest BCUT2D eigenvalue weighted by molar-refractivity contribution is 6.19. The third-order valence-electron chi connectivity index (χ3n) is 11.0. The zero-order chi connectivity index (χ0) is 41.7. The molecule has 0 saturated heterocycles. The van der Waals surface area contributed by atoms with Gasteiger partial charge in [-0.05, 0) is 97.1 Å². The van der Waals surface area contributed by atoms with Crippen LogP contribution in [-0.2, 0) is 0 Å².